The second-order valence-electron chi connectivity index (χ2n) is 7.62. The number of aromatic nitrogens is 1. The van der Waals surface area contributed by atoms with E-state index in [0.717, 1.165) is 34.3 Å². The second-order valence-corrected chi connectivity index (χ2v) is 8.67. The zero-order valence-corrected chi connectivity index (χ0v) is 18.2. The number of hydrogen-bond acceptors (Lipinski definition) is 4. The number of amides is 1. The number of ether oxygens (including phenoxy) is 1. The highest BCUT2D eigenvalue weighted by Gasteiger charge is 2.30. The minimum Gasteiger partial charge on any atom is -0.466 e. The molecular weight excluding hydrogens is 415 g/mol. The number of rotatable bonds is 6. The summed E-state index contributed by atoms with van der Waals surface area (Å²) in [7, 11) is 0. The van der Waals surface area contributed by atoms with Crippen molar-refractivity contribution in [2.24, 2.45) is 5.92 Å². The lowest BCUT2D eigenvalue weighted by Crippen LogP contribution is -2.43. The number of nitrogens with one attached hydrogen (secondary N) is 1. The molecule has 2 heterocycles. The van der Waals surface area contributed by atoms with Crippen molar-refractivity contribution in [1.29, 1.82) is 0 Å². The molecule has 0 bridgehead atoms. The highest BCUT2D eigenvalue weighted by molar-refractivity contribution is 7.99. The average Bonchev–Trinajstić information content (AvgIpc) is 3.12. The molecule has 7 heteroatoms. The van der Waals surface area contributed by atoms with Crippen LogP contribution >= 0.6 is 11.8 Å². The van der Waals surface area contributed by atoms with Crippen molar-refractivity contribution in [2.75, 3.05) is 19.7 Å². The molecule has 4 rings (SSSR count). The molecule has 162 valence electrons. The molecule has 1 N–H and O–H groups in total. The van der Waals surface area contributed by atoms with E-state index in [-0.39, 0.29) is 30.0 Å². The molecular formula is C24H25FN2O3S. The lowest BCUT2D eigenvalue weighted by molar-refractivity contribution is -0.151. The molecule has 5 nitrogen and oxygen atoms in total. The Kier molecular flexibility index (Phi) is 6.61. The molecule has 31 heavy (non-hydrogen) atoms. The van der Waals surface area contributed by atoms with Gasteiger partial charge < -0.3 is 14.6 Å². The van der Waals surface area contributed by atoms with Gasteiger partial charge in [0.15, 0.2) is 0 Å². The normalized spacial score (nSPS) is 16.5. The highest BCUT2D eigenvalue weighted by atomic mass is 32.2. The lowest BCUT2D eigenvalue weighted by atomic mass is 9.97. The molecule has 1 aromatic heterocycles. The zero-order chi connectivity index (χ0) is 21.8. The maximum absolute atomic E-state index is 14.2. The van der Waals surface area contributed by atoms with Crippen LogP contribution in [0.5, 0.6) is 0 Å². The number of H-pyrrole nitrogens is 1. The predicted molar refractivity (Wildman–Crippen MR) is 118 cm³/mol. The van der Waals surface area contributed by atoms with Gasteiger partial charge in [0.05, 0.1) is 24.0 Å². The fourth-order valence-electron chi connectivity index (χ4n) is 3.99. The molecule has 1 aliphatic rings. The Morgan fingerprint density at radius 2 is 1.97 bits per heavy atom. The Balaban J connectivity index is 1.58. The van der Waals surface area contributed by atoms with Crippen molar-refractivity contribution in [3.63, 3.8) is 0 Å². The van der Waals surface area contributed by atoms with Crippen LogP contribution in [0.4, 0.5) is 4.39 Å². The number of carbonyl (C=O) groups is 2. The summed E-state index contributed by atoms with van der Waals surface area (Å²) in [6.45, 7) is 3.15. The van der Waals surface area contributed by atoms with Gasteiger partial charge in [-0.05, 0) is 38.0 Å². The fraction of sp³-hybridized carbons (Fsp3) is 0.333. The van der Waals surface area contributed by atoms with Gasteiger partial charge in [-0.25, -0.2) is 4.39 Å². The Morgan fingerprint density at radius 3 is 2.77 bits per heavy atom. The summed E-state index contributed by atoms with van der Waals surface area (Å²) in [6.07, 6.45) is 1.71. The number of halogens is 1. The van der Waals surface area contributed by atoms with E-state index in [4.69, 9.17) is 4.74 Å². The van der Waals surface area contributed by atoms with Crippen LogP contribution < -0.4 is 0 Å². The monoisotopic (exact) mass is 440 g/mol. The smallest absolute Gasteiger partial charge is 0.310 e. The SMILES string of the molecule is CCOC(=O)[C@@H]1CCCN(C(=O)Cc2c(Sc3ccccc3F)[nH]c3ccccc23)C1. The number of nitrogens with zero attached hydrogens (tertiary/aromatic N) is 1. The first-order valence-corrected chi connectivity index (χ1v) is 11.3. The van der Waals surface area contributed by atoms with Crippen molar-refractivity contribution < 1.29 is 18.7 Å². The summed E-state index contributed by atoms with van der Waals surface area (Å²) in [5.74, 6) is -0.832. The van der Waals surface area contributed by atoms with E-state index in [0.29, 0.717) is 24.6 Å². The second kappa shape index (κ2) is 9.56. The van der Waals surface area contributed by atoms with Gasteiger partial charge in [-0.1, -0.05) is 42.1 Å². The fourth-order valence-corrected chi connectivity index (χ4v) is 4.99. The number of aromatic amines is 1. The van der Waals surface area contributed by atoms with Gasteiger partial charge in [-0.15, -0.1) is 0 Å². The molecule has 1 aliphatic heterocycles. The molecule has 0 unspecified atom stereocenters. The van der Waals surface area contributed by atoms with Crippen LogP contribution in [-0.2, 0) is 20.7 Å². The summed E-state index contributed by atoms with van der Waals surface area (Å²) < 4.78 is 19.4. The number of piperidine rings is 1. The van der Waals surface area contributed by atoms with E-state index in [2.05, 4.69) is 4.98 Å². The molecule has 1 atom stereocenters. The maximum Gasteiger partial charge on any atom is 0.310 e. The van der Waals surface area contributed by atoms with E-state index in [1.54, 1.807) is 30.0 Å². The van der Waals surface area contributed by atoms with Gasteiger partial charge in [-0.3, -0.25) is 9.59 Å². The van der Waals surface area contributed by atoms with Crippen LogP contribution in [0.25, 0.3) is 10.9 Å². The van der Waals surface area contributed by atoms with Crippen molar-refractivity contribution in [2.45, 2.75) is 36.1 Å². The number of benzene rings is 2. The van der Waals surface area contributed by atoms with Crippen LogP contribution in [0.15, 0.2) is 58.5 Å². The molecule has 1 saturated heterocycles. The van der Waals surface area contributed by atoms with Crippen LogP contribution in [0.1, 0.15) is 25.3 Å². The van der Waals surface area contributed by atoms with Gasteiger partial charge in [-0.2, -0.15) is 0 Å². The first-order chi connectivity index (χ1) is 15.1. The van der Waals surface area contributed by atoms with Gasteiger partial charge in [0.2, 0.25) is 5.91 Å². The zero-order valence-electron chi connectivity index (χ0n) is 17.4. The third kappa shape index (κ3) is 4.77. The minimum absolute atomic E-state index is 0.0332. The van der Waals surface area contributed by atoms with Crippen molar-refractivity contribution >= 4 is 34.5 Å². The van der Waals surface area contributed by atoms with Gasteiger partial charge in [0.25, 0.3) is 0 Å². The van der Waals surface area contributed by atoms with Crippen molar-refractivity contribution in [3.8, 4) is 0 Å². The standard InChI is InChI=1S/C24H25FN2O3S/c1-2-30-24(29)16-8-7-13-27(15-16)22(28)14-18-17-9-3-5-11-20(17)26-23(18)31-21-12-6-4-10-19(21)25/h3-6,9-12,16,26H,2,7-8,13-15H2,1H3/t16-/m1/s1. The molecule has 0 radical (unpaired) electrons. The van der Waals surface area contributed by atoms with E-state index in [1.807, 2.05) is 24.3 Å². The molecule has 1 fully saturated rings. The maximum atomic E-state index is 14.2. The molecule has 3 aromatic rings. The summed E-state index contributed by atoms with van der Waals surface area (Å²) >= 11 is 1.29. The van der Waals surface area contributed by atoms with Gasteiger partial charge in [0.1, 0.15) is 5.82 Å². The summed E-state index contributed by atoms with van der Waals surface area (Å²) in [5.41, 5.74) is 1.76. The Morgan fingerprint density at radius 1 is 1.19 bits per heavy atom. The number of esters is 1. The summed E-state index contributed by atoms with van der Waals surface area (Å²) in [4.78, 5) is 30.9. The van der Waals surface area contributed by atoms with E-state index >= 15 is 0 Å². The molecule has 2 aromatic carbocycles. The van der Waals surface area contributed by atoms with Gasteiger partial charge >= 0.3 is 5.97 Å². The first kappa shape index (κ1) is 21.4. The topological polar surface area (TPSA) is 62.4 Å². The summed E-state index contributed by atoms with van der Waals surface area (Å²) in [6, 6.07) is 14.4. The number of carbonyl (C=O) groups excluding carboxylic acids is 2. The molecule has 0 aliphatic carbocycles. The third-order valence-corrected chi connectivity index (χ3v) is 6.65. The average molecular weight is 441 g/mol. The number of para-hydroxylation sites is 1. The van der Waals surface area contributed by atoms with Crippen LogP contribution in [-0.4, -0.2) is 41.5 Å². The van der Waals surface area contributed by atoms with Crippen molar-refractivity contribution in [3.05, 3.63) is 59.9 Å². The van der Waals surface area contributed by atoms with Crippen LogP contribution in [0, 0.1) is 11.7 Å². The molecule has 0 saturated carbocycles. The van der Waals surface area contributed by atoms with E-state index in [1.165, 1.54) is 17.8 Å². The predicted octanol–water partition coefficient (Wildman–Crippen LogP) is 4.80. The van der Waals surface area contributed by atoms with Gasteiger partial charge in [0, 0.05) is 34.5 Å². The van der Waals surface area contributed by atoms with E-state index < -0.39 is 0 Å². The van der Waals surface area contributed by atoms with E-state index in [9.17, 15) is 14.0 Å². The Bertz CT molecular complexity index is 1100. The third-order valence-electron chi connectivity index (χ3n) is 5.55. The Labute approximate surface area is 185 Å². The van der Waals surface area contributed by atoms with Crippen LogP contribution in [0.3, 0.4) is 0 Å². The van der Waals surface area contributed by atoms with Crippen molar-refractivity contribution in [1.82, 2.24) is 9.88 Å². The van der Waals surface area contributed by atoms with Crippen LogP contribution in [0.2, 0.25) is 0 Å². The first-order valence-electron chi connectivity index (χ1n) is 10.5. The number of fused-ring (bicyclic) bond motifs is 1. The lowest BCUT2D eigenvalue weighted by Gasteiger charge is -2.31. The Hall–Kier alpha value is -2.80. The number of hydrogen-bond donors (Lipinski definition) is 1. The molecule has 0 spiro atoms. The number of likely N-dealkylation sites (tertiary alicyclic amines) is 1. The minimum atomic E-state index is -0.295. The highest BCUT2D eigenvalue weighted by Crippen LogP contribution is 2.36. The summed E-state index contributed by atoms with van der Waals surface area (Å²) in [5, 5.41) is 1.72. The largest absolute Gasteiger partial charge is 0.466 e. The molecule has 1 amide bonds. The quantitative estimate of drug-likeness (QED) is 0.559.